The minimum absolute atomic E-state index is 0.0536. The summed E-state index contributed by atoms with van der Waals surface area (Å²) in [6.07, 6.45) is 1.70. The van der Waals surface area contributed by atoms with Gasteiger partial charge >= 0.3 is 0 Å². The first-order valence-corrected chi connectivity index (χ1v) is 6.04. The Morgan fingerprint density at radius 2 is 2.17 bits per heavy atom. The molecule has 0 heterocycles. The van der Waals surface area contributed by atoms with Crippen molar-refractivity contribution in [3.8, 4) is 5.75 Å². The van der Waals surface area contributed by atoms with Crippen molar-refractivity contribution in [3.63, 3.8) is 0 Å². The van der Waals surface area contributed by atoms with Gasteiger partial charge < -0.3 is 9.47 Å². The number of halogens is 1. The van der Waals surface area contributed by atoms with Crippen LogP contribution in [0.1, 0.15) is 18.4 Å². The quantitative estimate of drug-likeness (QED) is 0.779. The average molecular weight is 252 g/mol. The molecule has 0 amide bonds. The van der Waals surface area contributed by atoms with Crippen LogP contribution in [0, 0.1) is 11.7 Å². The lowest BCUT2D eigenvalue weighted by Crippen LogP contribution is -2.27. The van der Waals surface area contributed by atoms with Crippen molar-refractivity contribution in [2.45, 2.75) is 25.4 Å². The van der Waals surface area contributed by atoms with Gasteiger partial charge in [0.25, 0.3) is 0 Å². The lowest BCUT2D eigenvalue weighted by molar-refractivity contribution is -0.129. The molecule has 1 aliphatic carbocycles. The van der Waals surface area contributed by atoms with E-state index in [4.69, 9.17) is 9.47 Å². The van der Waals surface area contributed by atoms with Crippen molar-refractivity contribution < 1.29 is 18.7 Å². The zero-order valence-electron chi connectivity index (χ0n) is 10.6. The summed E-state index contributed by atoms with van der Waals surface area (Å²) < 4.78 is 24.0. The van der Waals surface area contributed by atoms with Crippen molar-refractivity contribution >= 4 is 5.78 Å². The lowest BCUT2D eigenvalue weighted by Gasteiger charge is -2.13. The van der Waals surface area contributed by atoms with Crippen LogP contribution >= 0.6 is 0 Å². The Morgan fingerprint density at radius 1 is 1.44 bits per heavy atom. The van der Waals surface area contributed by atoms with Crippen molar-refractivity contribution in [1.29, 1.82) is 0 Å². The van der Waals surface area contributed by atoms with E-state index < -0.39 is 11.9 Å². The summed E-state index contributed by atoms with van der Waals surface area (Å²) in [6.45, 7) is 0. The Kier molecular flexibility index (Phi) is 3.97. The van der Waals surface area contributed by atoms with E-state index in [1.807, 2.05) is 0 Å². The van der Waals surface area contributed by atoms with E-state index in [0.717, 1.165) is 12.8 Å². The number of carbonyl (C=O) groups is 1. The average Bonchev–Trinajstić information content (AvgIpc) is 3.17. The minimum Gasteiger partial charge on any atom is -0.494 e. The summed E-state index contributed by atoms with van der Waals surface area (Å²) in [5.41, 5.74) is 0.363. The number of carbonyl (C=O) groups excluding carboxylic acids is 1. The first-order chi connectivity index (χ1) is 8.67. The summed E-state index contributed by atoms with van der Waals surface area (Å²) in [7, 11) is 2.94. The normalized spacial score (nSPS) is 16.4. The largest absolute Gasteiger partial charge is 0.494 e. The zero-order valence-corrected chi connectivity index (χ0v) is 10.6. The van der Waals surface area contributed by atoms with Gasteiger partial charge in [-0.15, -0.1) is 0 Å². The van der Waals surface area contributed by atoms with Gasteiger partial charge in [-0.05, 0) is 30.4 Å². The number of hydrogen-bond acceptors (Lipinski definition) is 3. The molecule has 0 aliphatic heterocycles. The maximum absolute atomic E-state index is 13.9. The SMILES string of the molecule is COc1cccc(CC(=O)C(OC)C2CC2)c1F. The lowest BCUT2D eigenvalue weighted by atomic mass is 10.0. The van der Waals surface area contributed by atoms with Crippen molar-refractivity contribution in [2.75, 3.05) is 14.2 Å². The van der Waals surface area contributed by atoms with Gasteiger partial charge in [-0.25, -0.2) is 4.39 Å². The van der Waals surface area contributed by atoms with Gasteiger partial charge in [-0.3, -0.25) is 4.79 Å². The molecule has 0 bridgehead atoms. The Morgan fingerprint density at radius 3 is 2.72 bits per heavy atom. The highest BCUT2D eigenvalue weighted by molar-refractivity contribution is 5.86. The van der Waals surface area contributed by atoms with Crippen molar-refractivity contribution in [1.82, 2.24) is 0 Å². The first-order valence-electron chi connectivity index (χ1n) is 6.04. The highest BCUT2D eigenvalue weighted by atomic mass is 19.1. The molecule has 1 fully saturated rings. The third-order valence-corrected chi connectivity index (χ3v) is 3.25. The summed E-state index contributed by atoms with van der Waals surface area (Å²) >= 11 is 0. The Hall–Kier alpha value is -1.42. The zero-order chi connectivity index (χ0) is 13.1. The van der Waals surface area contributed by atoms with Gasteiger partial charge in [0.15, 0.2) is 17.3 Å². The van der Waals surface area contributed by atoms with Crippen LogP contribution in [0.5, 0.6) is 5.75 Å². The molecule has 98 valence electrons. The predicted molar refractivity (Wildman–Crippen MR) is 65.2 cm³/mol. The van der Waals surface area contributed by atoms with Crippen LogP contribution in [-0.2, 0) is 16.0 Å². The smallest absolute Gasteiger partial charge is 0.168 e. The second kappa shape index (κ2) is 5.48. The van der Waals surface area contributed by atoms with Crippen LogP contribution in [0.25, 0.3) is 0 Å². The standard InChI is InChI=1S/C14H17FO3/c1-17-12-5-3-4-10(13(12)15)8-11(16)14(18-2)9-6-7-9/h3-5,9,14H,6-8H2,1-2H3. The third-order valence-electron chi connectivity index (χ3n) is 3.25. The Bertz CT molecular complexity index is 441. The van der Waals surface area contributed by atoms with Gasteiger partial charge in [0.05, 0.1) is 7.11 Å². The number of benzene rings is 1. The van der Waals surface area contributed by atoms with E-state index in [1.54, 1.807) is 12.1 Å². The second-order valence-corrected chi connectivity index (χ2v) is 4.57. The molecule has 0 aromatic heterocycles. The molecule has 1 saturated carbocycles. The molecular formula is C14H17FO3. The fourth-order valence-corrected chi connectivity index (χ4v) is 2.12. The maximum atomic E-state index is 13.9. The molecule has 1 aromatic rings. The fourth-order valence-electron chi connectivity index (χ4n) is 2.12. The molecule has 1 atom stereocenters. The molecule has 0 spiro atoms. The fraction of sp³-hybridized carbons (Fsp3) is 0.500. The number of Topliss-reactive ketones (excluding diaryl/α,β-unsaturated/α-hetero) is 1. The topological polar surface area (TPSA) is 35.5 Å². The van der Waals surface area contributed by atoms with Crippen LogP contribution in [0.15, 0.2) is 18.2 Å². The molecule has 2 rings (SSSR count). The predicted octanol–water partition coefficient (Wildman–Crippen LogP) is 2.37. The minimum atomic E-state index is -0.459. The first kappa shape index (κ1) is 13.0. The van der Waals surface area contributed by atoms with Crippen molar-refractivity contribution in [2.24, 2.45) is 5.92 Å². The van der Waals surface area contributed by atoms with Gasteiger partial charge in [0.2, 0.25) is 0 Å². The van der Waals surface area contributed by atoms with Gasteiger partial charge in [0.1, 0.15) is 6.10 Å². The summed E-state index contributed by atoms with van der Waals surface area (Å²) in [5, 5.41) is 0. The van der Waals surface area contributed by atoms with Gasteiger partial charge in [0, 0.05) is 13.5 Å². The molecule has 4 heteroatoms. The van der Waals surface area contributed by atoms with E-state index in [-0.39, 0.29) is 18.0 Å². The molecule has 0 radical (unpaired) electrons. The number of ketones is 1. The summed E-state index contributed by atoms with van der Waals surface area (Å²) in [6, 6.07) is 4.83. The summed E-state index contributed by atoms with van der Waals surface area (Å²) in [4.78, 5) is 12.0. The van der Waals surface area contributed by atoms with Crippen molar-refractivity contribution in [3.05, 3.63) is 29.6 Å². The number of ether oxygens (including phenoxy) is 2. The molecule has 18 heavy (non-hydrogen) atoms. The monoisotopic (exact) mass is 252 g/mol. The van der Waals surface area contributed by atoms with Crippen LogP contribution in [-0.4, -0.2) is 26.1 Å². The highest BCUT2D eigenvalue weighted by Gasteiger charge is 2.36. The summed E-state index contributed by atoms with van der Waals surface area (Å²) in [5.74, 6) is -0.0389. The Balaban J connectivity index is 2.10. The highest BCUT2D eigenvalue weighted by Crippen LogP contribution is 2.35. The molecule has 1 unspecified atom stereocenters. The third kappa shape index (κ3) is 2.70. The van der Waals surface area contributed by atoms with E-state index in [2.05, 4.69) is 0 Å². The second-order valence-electron chi connectivity index (χ2n) is 4.57. The number of methoxy groups -OCH3 is 2. The number of rotatable bonds is 6. The Labute approximate surface area is 106 Å². The molecule has 3 nitrogen and oxygen atoms in total. The van der Waals surface area contributed by atoms with Crippen LogP contribution in [0.4, 0.5) is 4.39 Å². The molecular weight excluding hydrogens is 235 g/mol. The van der Waals surface area contributed by atoms with Crippen LogP contribution < -0.4 is 4.74 Å². The van der Waals surface area contributed by atoms with Crippen LogP contribution in [0.3, 0.4) is 0 Å². The molecule has 1 aliphatic rings. The van der Waals surface area contributed by atoms with E-state index >= 15 is 0 Å². The van der Waals surface area contributed by atoms with Gasteiger partial charge in [-0.2, -0.15) is 0 Å². The molecule has 0 N–H and O–H groups in total. The van der Waals surface area contributed by atoms with Crippen LogP contribution in [0.2, 0.25) is 0 Å². The van der Waals surface area contributed by atoms with E-state index in [1.165, 1.54) is 20.3 Å². The van der Waals surface area contributed by atoms with E-state index in [0.29, 0.717) is 11.5 Å². The van der Waals surface area contributed by atoms with E-state index in [9.17, 15) is 9.18 Å². The number of hydrogen-bond donors (Lipinski definition) is 0. The molecule has 1 aromatic carbocycles. The maximum Gasteiger partial charge on any atom is 0.168 e. The van der Waals surface area contributed by atoms with Gasteiger partial charge in [-0.1, -0.05) is 12.1 Å². The molecule has 0 saturated heterocycles.